The van der Waals surface area contributed by atoms with E-state index in [1.165, 1.54) is 4.90 Å². The Morgan fingerprint density at radius 3 is 2.68 bits per heavy atom. The van der Waals surface area contributed by atoms with Gasteiger partial charge in [-0.3, -0.25) is 4.98 Å². The summed E-state index contributed by atoms with van der Waals surface area (Å²) in [7, 11) is 0. The summed E-state index contributed by atoms with van der Waals surface area (Å²) in [5.41, 5.74) is 0. The van der Waals surface area contributed by atoms with Crippen molar-refractivity contribution in [3.8, 4) is 5.75 Å². The summed E-state index contributed by atoms with van der Waals surface area (Å²) in [4.78, 5) is 16.7. The molecule has 0 bridgehead atoms. The number of ether oxygens (including phenoxy) is 1. The Bertz CT molecular complexity index is 704. The van der Waals surface area contributed by atoms with Gasteiger partial charge in [-0.2, -0.15) is 0 Å². The van der Waals surface area contributed by atoms with Gasteiger partial charge in [-0.15, -0.1) is 0 Å². The largest absolute Gasteiger partial charge is 0.490 e. The van der Waals surface area contributed by atoms with Crippen LogP contribution < -0.4 is 4.74 Å². The highest BCUT2D eigenvalue weighted by molar-refractivity contribution is 5.82. The van der Waals surface area contributed by atoms with E-state index >= 15 is 0 Å². The Morgan fingerprint density at radius 1 is 1.18 bits per heavy atom. The highest BCUT2D eigenvalue weighted by Crippen LogP contribution is 2.40. The zero-order chi connectivity index (χ0) is 15.1. The fourth-order valence-corrected chi connectivity index (χ4v) is 3.82. The molecule has 1 aromatic carbocycles. The molecule has 1 aliphatic heterocycles. The molecule has 22 heavy (non-hydrogen) atoms. The fourth-order valence-electron chi connectivity index (χ4n) is 3.82. The molecule has 1 N–H and O–H groups in total. The molecule has 1 aliphatic carbocycles. The number of benzene rings is 1. The maximum atomic E-state index is 11.0. The molecule has 2 fully saturated rings. The minimum atomic E-state index is -0.796. The molecule has 4 rings (SSSR count). The number of rotatable bonds is 2. The number of nitrogens with zero attached hydrogens (tertiary/aromatic N) is 2. The number of carbonyl (C=O) groups is 1. The van der Waals surface area contributed by atoms with E-state index in [-0.39, 0.29) is 6.10 Å². The lowest BCUT2D eigenvalue weighted by Crippen LogP contribution is -2.29. The first-order valence-corrected chi connectivity index (χ1v) is 7.67. The van der Waals surface area contributed by atoms with Crippen LogP contribution in [0.25, 0.3) is 10.8 Å². The van der Waals surface area contributed by atoms with Crippen LogP contribution in [0.3, 0.4) is 0 Å². The second-order valence-electron chi connectivity index (χ2n) is 6.30. The molecule has 5 nitrogen and oxygen atoms in total. The van der Waals surface area contributed by atoms with Gasteiger partial charge in [0, 0.05) is 30.9 Å². The predicted octanol–water partition coefficient (Wildman–Crippen LogP) is 3.00. The summed E-state index contributed by atoms with van der Waals surface area (Å²) in [5, 5.41) is 11.3. The summed E-state index contributed by atoms with van der Waals surface area (Å²) in [6.45, 7) is 1.31. The number of hydrogen-bond acceptors (Lipinski definition) is 3. The molecular formula is C17H18N2O3. The molecule has 0 spiro atoms. The maximum absolute atomic E-state index is 11.0. The van der Waals surface area contributed by atoms with Crippen molar-refractivity contribution in [3.63, 3.8) is 0 Å². The average molecular weight is 298 g/mol. The van der Waals surface area contributed by atoms with E-state index in [2.05, 4.69) is 11.1 Å². The fraction of sp³-hybridized carbons (Fsp3) is 0.412. The predicted molar refractivity (Wildman–Crippen MR) is 82.0 cm³/mol. The monoisotopic (exact) mass is 298 g/mol. The average Bonchev–Trinajstić information content (AvgIpc) is 3.05. The van der Waals surface area contributed by atoms with Crippen molar-refractivity contribution in [2.75, 3.05) is 13.1 Å². The van der Waals surface area contributed by atoms with Crippen LogP contribution in [-0.2, 0) is 0 Å². The van der Waals surface area contributed by atoms with Crippen LogP contribution in [-0.4, -0.2) is 40.3 Å². The van der Waals surface area contributed by atoms with Gasteiger partial charge in [-0.1, -0.05) is 0 Å². The second kappa shape index (κ2) is 5.16. The second-order valence-corrected chi connectivity index (χ2v) is 6.30. The molecule has 1 saturated carbocycles. The normalized spacial score (nSPS) is 27.1. The van der Waals surface area contributed by atoms with Gasteiger partial charge in [0.1, 0.15) is 5.75 Å². The van der Waals surface area contributed by atoms with Crippen LogP contribution in [0.1, 0.15) is 12.8 Å². The van der Waals surface area contributed by atoms with E-state index in [9.17, 15) is 4.79 Å². The third-order valence-corrected chi connectivity index (χ3v) is 4.89. The molecule has 2 aliphatic rings. The lowest BCUT2D eigenvalue weighted by Gasteiger charge is -2.18. The topological polar surface area (TPSA) is 62.7 Å². The summed E-state index contributed by atoms with van der Waals surface area (Å²) in [6, 6.07) is 8.05. The van der Waals surface area contributed by atoms with Crippen LogP contribution in [0.2, 0.25) is 0 Å². The summed E-state index contributed by atoms with van der Waals surface area (Å²) < 4.78 is 6.13. The molecule has 1 amide bonds. The Labute approximate surface area is 128 Å². The number of pyridine rings is 1. The molecule has 1 unspecified atom stereocenters. The molecule has 2 aromatic rings. The molecular weight excluding hydrogens is 280 g/mol. The first-order chi connectivity index (χ1) is 10.7. The minimum Gasteiger partial charge on any atom is -0.490 e. The van der Waals surface area contributed by atoms with Crippen molar-refractivity contribution in [2.45, 2.75) is 18.9 Å². The standard InChI is InChI=1S/C17H18N2O3/c20-17(21)19-9-13-6-16(7-14(13)10-19)22-15-2-1-12-8-18-4-3-11(12)5-15/h1-5,8,13-14,16H,6-7,9-10H2,(H,20,21)/t13-,14+,16?. The van der Waals surface area contributed by atoms with Gasteiger partial charge >= 0.3 is 6.09 Å². The molecule has 0 radical (unpaired) electrons. The Kier molecular flexibility index (Phi) is 3.13. The van der Waals surface area contributed by atoms with Crippen LogP contribution in [0.4, 0.5) is 4.79 Å². The number of fused-ring (bicyclic) bond motifs is 2. The van der Waals surface area contributed by atoms with E-state index in [0.29, 0.717) is 24.9 Å². The zero-order valence-electron chi connectivity index (χ0n) is 12.2. The highest BCUT2D eigenvalue weighted by atomic mass is 16.5. The number of amides is 1. The van der Waals surface area contributed by atoms with Crippen molar-refractivity contribution < 1.29 is 14.6 Å². The first kappa shape index (κ1) is 13.4. The molecule has 2 heterocycles. The van der Waals surface area contributed by atoms with Gasteiger partial charge in [-0.05, 0) is 54.3 Å². The van der Waals surface area contributed by atoms with E-state index in [1.54, 1.807) is 6.20 Å². The van der Waals surface area contributed by atoms with Crippen molar-refractivity contribution in [2.24, 2.45) is 11.8 Å². The van der Waals surface area contributed by atoms with Gasteiger partial charge in [0.2, 0.25) is 0 Å². The number of likely N-dealkylation sites (tertiary alicyclic amines) is 1. The summed E-state index contributed by atoms with van der Waals surface area (Å²) in [5.74, 6) is 1.79. The molecule has 3 atom stereocenters. The third-order valence-electron chi connectivity index (χ3n) is 4.89. The number of hydrogen-bond donors (Lipinski definition) is 1. The van der Waals surface area contributed by atoms with Crippen molar-refractivity contribution in [1.29, 1.82) is 0 Å². The third kappa shape index (κ3) is 2.36. The van der Waals surface area contributed by atoms with Gasteiger partial charge in [-0.25, -0.2) is 4.79 Å². The van der Waals surface area contributed by atoms with Gasteiger partial charge in [0.05, 0.1) is 6.10 Å². The minimum absolute atomic E-state index is 0.199. The summed E-state index contributed by atoms with van der Waals surface area (Å²) in [6.07, 6.45) is 4.93. The van der Waals surface area contributed by atoms with Crippen LogP contribution >= 0.6 is 0 Å². The quantitative estimate of drug-likeness (QED) is 0.925. The maximum Gasteiger partial charge on any atom is 0.407 e. The van der Waals surface area contributed by atoms with Gasteiger partial charge in [0.25, 0.3) is 0 Å². The Morgan fingerprint density at radius 2 is 1.95 bits per heavy atom. The lowest BCUT2D eigenvalue weighted by atomic mass is 10.0. The number of carboxylic acid groups (broad SMARTS) is 1. The molecule has 1 aromatic heterocycles. The molecule has 114 valence electrons. The van der Waals surface area contributed by atoms with Crippen LogP contribution in [0.15, 0.2) is 36.7 Å². The Hall–Kier alpha value is -2.30. The SMILES string of the molecule is O=C(O)N1C[C@H]2CC(Oc3ccc4cnccc4c3)C[C@H]2C1. The first-order valence-electron chi connectivity index (χ1n) is 7.67. The smallest absolute Gasteiger partial charge is 0.407 e. The van der Waals surface area contributed by atoms with Crippen LogP contribution in [0, 0.1) is 11.8 Å². The lowest BCUT2D eigenvalue weighted by molar-refractivity contribution is 0.144. The highest BCUT2D eigenvalue weighted by Gasteiger charge is 2.43. The molecule has 1 saturated heterocycles. The van der Waals surface area contributed by atoms with Gasteiger partial charge in [0.15, 0.2) is 0 Å². The Balaban J connectivity index is 1.43. The van der Waals surface area contributed by atoms with Crippen molar-refractivity contribution in [1.82, 2.24) is 9.88 Å². The summed E-state index contributed by atoms with van der Waals surface area (Å²) >= 11 is 0. The van der Waals surface area contributed by atoms with E-state index in [4.69, 9.17) is 9.84 Å². The van der Waals surface area contributed by atoms with Crippen molar-refractivity contribution in [3.05, 3.63) is 36.7 Å². The van der Waals surface area contributed by atoms with Crippen LogP contribution in [0.5, 0.6) is 5.75 Å². The number of aromatic nitrogens is 1. The van der Waals surface area contributed by atoms with Crippen molar-refractivity contribution >= 4 is 16.9 Å². The van der Waals surface area contributed by atoms with E-state index in [1.807, 2.05) is 24.4 Å². The zero-order valence-corrected chi connectivity index (χ0v) is 12.2. The van der Waals surface area contributed by atoms with E-state index in [0.717, 1.165) is 29.4 Å². The van der Waals surface area contributed by atoms with E-state index < -0.39 is 6.09 Å². The molecule has 5 heteroatoms. The van der Waals surface area contributed by atoms with Gasteiger partial charge < -0.3 is 14.7 Å².